The summed E-state index contributed by atoms with van der Waals surface area (Å²) in [6.07, 6.45) is 9.47. The van der Waals surface area contributed by atoms with Gasteiger partial charge >= 0.3 is 6.09 Å². The summed E-state index contributed by atoms with van der Waals surface area (Å²) in [5.74, 6) is 1.64. The molecule has 4 heteroatoms. The molecule has 1 saturated carbocycles. The minimum absolute atomic E-state index is 0.0364. The van der Waals surface area contributed by atoms with E-state index in [0.29, 0.717) is 30.7 Å². The lowest BCUT2D eigenvalue weighted by molar-refractivity contribution is 0.00631. The molecule has 0 heterocycles. The number of carbonyl (C=O) groups excluding carboxylic acids is 1. The Kier molecular flexibility index (Phi) is 8.67. The van der Waals surface area contributed by atoms with Crippen LogP contribution in [0.25, 0.3) is 0 Å². The second-order valence-electron chi connectivity index (χ2n) is 6.79. The maximum atomic E-state index is 12.1. The lowest BCUT2D eigenvalue weighted by atomic mass is 9.75. The molecule has 0 aliphatic heterocycles. The highest BCUT2D eigenvalue weighted by molar-refractivity contribution is 5.67. The fourth-order valence-corrected chi connectivity index (χ4v) is 3.14. The zero-order valence-corrected chi connectivity index (χ0v) is 15.0. The number of nitrogens with zero attached hydrogens (tertiary/aromatic N) is 1. The lowest BCUT2D eigenvalue weighted by Gasteiger charge is -2.36. The van der Waals surface area contributed by atoms with Crippen molar-refractivity contribution in [2.24, 2.45) is 22.7 Å². The van der Waals surface area contributed by atoms with Crippen molar-refractivity contribution in [3.8, 4) is 0 Å². The minimum Gasteiger partial charge on any atom is -0.446 e. The molecule has 1 aliphatic carbocycles. The van der Waals surface area contributed by atoms with Gasteiger partial charge in [0, 0.05) is 18.7 Å². The van der Waals surface area contributed by atoms with E-state index in [2.05, 4.69) is 37.8 Å². The molecule has 23 heavy (non-hydrogen) atoms. The summed E-state index contributed by atoms with van der Waals surface area (Å²) in [6.45, 7) is 12.7. The quantitative estimate of drug-likeness (QED) is 0.545. The summed E-state index contributed by atoms with van der Waals surface area (Å²) >= 11 is 0. The van der Waals surface area contributed by atoms with Crippen molar-refractivity contribution in [2.45, 2.75) is 59.5 Å². The van der Waals surface area contributed by atoms with Crippen molar-refractivity contribution in [1.29, 1.82) is 0 Å². The van der Waals surface area contributed by atoms with Crippen LogP contribution in [0.1, 0.15) is 53.4 Å². The number of amides is 1. The van der Waals surface area contributed by atoms with E-state index in [-0.39, 0.29) is 12.2 Å². The zero-order valence-electron chi connectivity index (χ0n) is 15.0. The van der Waals surface area contributed by atoms with E-state index < -0.39 is 0 Å². The smallest absolute Gasteiger partial charge is 0.407 e. The molecule has 0 saturated heterocycles. The first-order chi connectivity index (χ1) is 11.0. The van der Waals surface area contributed by atoms with E-state index in [0.717, 1.165) is 18.5 Å². The molecule has 0 spiro atoms. The van der Waals surface area contributed by atoms with E-state index >= 15 is 0 Å². The van der Waals surface area contributed by atoms with E-state index in [1.165, 1.54) is 6.42 Å². The van der Waals surface area contributed by atoms with Crippen LogP contribution >= 0.6 is 0 Å². The van der Waals surface area contributed by atoms with Gasteiger partial charge < -0.3 is 10.1 Å². The second kappa shape index (κ2) is 10.2. The molecule has 1 aliphatic rings. The number of ether oxygens (including phenoxy) is 1. The Labute approximate surface area is 141 Å². The summed E-state index contributed by atoms with van der Waals surface area (Å²) in [4.78, 5) is 16.0. The first kappa shape index (κ1) is 19.5. The standard InChI is InChI=1S/C19H32N2O2/c1-6-7-8-16(20-5)11-12-21-19(22)23-18-13-15(4)9-10-17(18)14(2)3/h6-8,14-15,17-18H,5,9-13H2,1-4H3,(H,21,22)/b7-6-,16-8-/t15-,17+,18-/m1/s1. The molecule has 1 rings (SSSR count). The largest absolute Gasteiger partial charge is 0.446 e. The van der Waals surface area contributed by atoms with Crippen LogP contribution in [0.3, 0.4) is 0 Å². The monoisotopic (exact) mass is 320 g/mol. The second-order valence-corrected chi connectivity index (χ2v) is 6.79. The van der Waals surface area contributed by atoms with Crippen LogP contribution in [0.2, 0.25) is 0 Å². The van der Waals surface area contributed by atoms with Crippen molar-refractivity contribution in [1.82, 2.24) is 5.32 Å². The van der Waals surface area contributed by atoms with Crippen molar-refractivity contribution >= 4 is 12.8 Å². The first-order valence-corrected chi connectivity index (χ1v) is 8.71. The highest BCUT2D eigenvalue weighted by atomic mass is 16.6. The SMILES string of the molecule is C=N/C(=C\C=C/C)CCNC(=O)O[C@@H]1C[C@H](C)CC[C@H]1C(C)C. The number of alkyl carbamates (subject to hydrolysis) is 1. The van der Waals surface area contributed by atoms with Gasteiger partial charge in [0.2, 0.25) is 0 Å². The number of aliphatic imine (C=N–C) groups is 1. The number of hydrogen-bond acceptors (Lipinski definition) is 3. The maximum Gasteiger partial charge on any atom is 0.407 e. The number of carbonyl (C=O) groups is 1. The van der Waals surface area contributed by atoms with Crippen LogP contribution in [-0.2, 0) is 4.74 Å². The third-order valence-electron chi connectivity index (χ3n) is 4.55. The maximum absolute atomic E-state index is 12.1. The highest BCUT2D eigenvalue weighted by Crippen LogP contribution is 2.35. The van der Waals surface area contributed by atoms with Gasteiger partial charge in [-0.2, -0.15) is 0 Å². The molecule has 0 aromatic heterocycles. The van der Waals surface area contributed by atoms with Gasteiger partial charge in [-0.25, -0.2) is 4.79 Å². The van der Waals surface area contributed by atoms with Gasteiger partial charge in [-0.1, -0.05) is 39.3 Å². The van der Waals surface area contributed by atoms with Crippen molar-refractivity contribution < 1.29 is 9.53 Å². The number of rotatable bonds is 7. The average Bonchev–Trinajstić information content (AvgIpc) is 2.50. The van der Waals surface area contributed by atoms with Crippen molar-refractivity contribution in [2.75, 3.05) is 6.54 Å². The predicted octanol–water partition coefficient (Wildman–Crippen LogP) is 4.72. The van der Waals surface area contributed by atoms with Crippen LogP contribution in [0.4, 0.5) is 4.79 Å². The third-order valence-corrected chi connectivity index (χ3v) is 4.55. The zero-order chi connectivity index (χ0) is 17.2. The molecular formula is C19H32N2O2. The fraction of sp³-hybridized carbons (Fsp3) is 0.684. The Balaban J connectivity index is 2.43. The Hall–Kier alpha value is -1.58. The molecule has 0 unspecified atom stereocenters. The highest BCUT2D eigenvalue weighted by Gasteiger charge is 2.33. The van der Waals surface area contributed by atoms with E-state index in [4.69, 9.17) is 4.74 Å². The van der Waals surface area contributed by atoms with Gasteiger partial charge in [0.1, 0.15) is 6.10 Å². The van der Waals surface area contributed by atoms with Crippen LogP contribution < -0.4 is 5.32 Å². The van der Waals surface area contributed by atoms with Crippen molar-refractivity contribution in [3.63, 3.8) is 0 Å². The topological polar surface area (TPSA) is 50.7 Å². The van der Waals surface area contributed by atoms with E-state index in [1.807, 2.05) is 25.2 Å². The summed E-state index contributed by atoms with van der Waals surface area (Å²) in [5.41, 5.74) is 0.856. The first-order valence-electron chi connectivity index (χ1n) is 8.71. The minimum atomic E-state index is -0.316. The van der Waals surface area contributed by atoms with Gasteiger partial charge in [0.05, 0.1) is 0 Å². The van der Waals surface area contributed by atoms with Gasteiger partial charge in [-0.3, -0.25) is 4.99 Å². The van der Waals surface area contributed by atoms with E-state index in [1.54, 1.807) is 0 Å². The molecule has 1 N–H and O–H groups in total. The van der Waals surface area contributed by atoms with Crippen LogP contribution in [-0.4, -0.2) is 25.5 Å². The average molecular weight is 320 g/mol. The summed E-state index contributed by atoms with van der Waals surface area (Å²) in [7, 11) is 0. The van der Waals surface area contributed by atoms with Crippen LogP contribution in [0, 0.1) is 17.8 Å². The molecule has 4 nitrogen and oxygen atoms in total. The molecule has 0 bridgehead atoms. The Morgan fingerprint density at radius 3 is 2.78 bits per heavy atom. The summed E-state index contributed by atoms with van der Waals surface area (Å²) < 4.78 is 5.70. The predicted molar refractivity (Wildman–Crippen MR) is 96.7 cm³/mol. The summed E-state index contributed by atoms with van der Waals surface area (Å²) in [5, 5.41) is 2.83. The van der Waals surface area contributed by atoms with E-state index in [9.17, 15) is 4.79 Å². The number of nitrogens with one attached hydrogen (secondary N) is 1. The molecule has 3 atom stereocenters. The fourth-order valence-electron chi connectivity index (χ4n) is 3.14. The Bertz CT molecular complexity index is 441. The lowest BCUT2D eigenvalue weighted by Crippen LogP contribution is -2.39. The van der Waals surface area contributed by atoms with Crippen LogP contribution in [0.15, 0.2) is 28.9 Å². The molecular weight excluding hydrogens is 288 g/mol. The molecule has 1 amide bonds. The van der Waals surface area contributed by atoms with Gasteiger partial charge in [-0.05, 0) is 50.3 Å². The Morgan fingerprint density at radius 1 is 1.43 bits per heavy atom. The van der Waals surface area contributed by atoms with Crippen molar-refractivity contribution in [3.05, 3.63) is 23.9 Å². The van der Waals surface area contributed by atoms with Gasteiger partial charge in [-0.15, -0.1) is 0 Å². The molecule has 130 valence electrons. The number of hydrogen-bond donors (Lipinski definition) is 1. The third kappa shape index (κ3) is 7.02. The van der Waals surface area contributed by atoms with Crippen LogP contribution in [0.5, 0.6) is 0 Å². The molecule has 0 aromatic rings. The number of allylic oxidation sites excluding steroid dienone is 3. The molecule has 1 fully saturated rings. The van der Waals surface area contributed by atoms with Gasteiger partial charge in [0.25, 0.3) is 0 Å². The summed E-state index contributed by atoms with van der Waals surface area (Å²) in [6, 6.07) is 0. The molecule has 0 aromatic carbocycles. The van der Waals surface area contributed by atoms with Gasteiger partial charge in [0.15, 0.2) is 0 Å². The Morgan fingerprint density at radius 2 is 2.17 bits per heavy atom. The normalized spacial score (nSPS) is 25.6. The molecule has 0 radical (unpaired) electrons.